The second-order valence-electron chi connectivity index (χ2n) is 5.57. The summed E-state index contributed by atoms with van der Waals surface area (Å²) in [5, 5.41) is 6.32. The first kappa shape index (κ1) is 19.2. The van der Waals surface area contributed by atoms with Crippen molar-refractivity contribution in [2.45, 2.75) is 18.0 Å². The molecule has 0 fully saturated rings. The van der Waals surface area contributed by atoms with E-state index in [4.69, 9.17) is 11.6 Å². The van der Waals surface area contributed by atoms with Crippen molar-refractivity contribution in [2.24, 2.45) is 0 Å². The average Bonchev–Trinajstić information content (AvgIpc) is 3.00. The number of alkyl halides is 3. The molecule has 0 aliphatic carbocycles. The van der Waals surface area contributed by atoms with Crippen LogP contribution in [-0.4, -0.2) is 23.6 Å². The highest BCUT2D eigenvalue weighted by molar-refractivity contribution is 7.92. The van der Waals surface area contributed by atoms with Gasteiger partial charge in [0.15, 0.2) is 5.82 Å². The van der Waals surface area contributed by atoms with Gasteiger partial charge in [0.2, 0.25) is 0 Å². The number of nitrogens with one attached hydrogen (secondary N) is 2. The van der Waals surface area contributed by atoms with Gasteiger partial charge in [0, 0.05) is 11.3 Å². The van der Waals surface area contributed by atoms with Gasteiger partial charge in [-0.15, -0.1) is 0 Å². The molecular formula is C16H12ClF3N4O2S. The third kappa shape index (κ3) is 4.22. The number of anilines is 1. The lowest BCUT2D eigenvalue weighted by Gasteiger charge is -2.13. The Morgan fingerprint density at radius 2 is 1.89 bits per heavy atom. The molecule has 3 rings (SSSR count). The normalized spacial score (nSPS) is 12.2. The summed E-state index contributed by atoms with van der Waals surface area (Å²) in [7, 11) is -4.35. The summed E-state index contributed by atoms with van der Waals surface area (Å²) >= 11 is 5.82. The molecule has 1 aromatic heterocycles. The van der Waals surface area contributed by atoms with E-state index in [1.54, 1.807) is 19.1 Å². The predicted octanol–water partition coefficient (Wildman–Crippen LogP) is 4.25. The molecule has 0 radical (unpaired) electrons. The van der Waals surface area contributed by atoms with E-state index in [1.807, 2.05) is 0 Å². The van der Waals surface area contributed by atoms with E-state index >= 15 is 0 Å². The zero-order valence-corrected chi connectivity index (χ0v) is 15.2. The van der Waals surface area contributed by atoms with E-state index in [9.17, 15) is 21.6 Å². The minimum Gasteiger partial charge on any atom is -0.280 e. The monoisotopic (exact) mass is 416 g/mol. The van der Waals surface area contributed by atoms with E-state index in [1.165, 1.54) is 12.1 Å². The molecule has 6 nitrogen and oxygen atoms in total. The first-order valence-electron chi connectivity index (χ1n) is 7.45. The summed E-state index contributed by atoms with van der Waals surface area (Å²) in [5.74, 6) is 0.928. The number of rotatable bonds is 4. The molecule has 0 saturated carbocycles. The largest absolute Gasteiger partial charge is 0.416 e. The van der Waals surface area contributed by atoms with Crippen LogP contribution in [0.25, 0.3) is 11.4 Å². The molecule has 0 aliphatic rings. The lowest BCUT2D eigenvalue weighted by molar-refractivity contribution is -0.137. The smallest absolute Gasteiger partial charge is 0.280 e. The Morgan fingerprint density at radius 1 is 1.15 bits per heavy atom. The van der Waals surface area contributed by atoms with E-state index in [-0.39, 0.29) is 10.7 Å². The lowest BCUT2D eigenvalue weighted by atomic mass is 10.2. The van der Waals surface area contributed by atoms with E-state index in [0.717, 1.165) is 6.07 Å². The van der Waals surface area contributed by atoms with Gasteiger partial charge in [-0.2, -0.15) is 18.3 Å². The van der Waals surface area contributed by atoms with Crippen LogP contribution in [0, 0.1) is 6.92 Å². The van der Waals surface area contributed by atoms with Crippen LogP contribution in [0.2, 0.25) is 5.02 Å². The number of nitrogens with zero attached hydrogens (tertiary/aromatic N) is 2. The number of H-pyrrole nitrogens is 1. The number of hydrogen-bond donors (Lipinski definition) is 2. The molecule has 3 aromatic rings. The maximum Gasteiger partial charge on any atom is 0.416 e. The maximum absolute atomic E-state index is 12.9. The number of benzene rings is 2. The van der Waals surface area contributed by atoms with Crippen LogP contribution >= 0.6 is 11.6 Å². The van der Waals surface area contributed by atoms with Crippen LogP contribution in [0.1, 0.15) is 11.4 Å². The Hall–Kier alpha value is -2.59. The number of aromatic nitrogens is 3. The summed E-state index contributed by atoms with van der Waals surface area (Å²) in [5.41, 5.74) is -0.463. The van der Waals surface area contributed by atoms with Crippen LogP contribution in [0.5, 0.6) is 0 Å². The zero-order valence-electron chi connectivity index (χ0n) is 13.7. The van der Waals surface area contributed by atoms with Gasteiger partial charge >= 0.3 is 6.18 Å². The van der Waals surface area contributed by atoms with E-state index in [2.05, 4.69) is 19.9 Å². The quantitative estimate of drug-likeness (QED) is 0.665. The van der Waals surface area contributed by atoms with Crippen LogP contribution in [0.4, 0.5) is 18.9 Å². The SMILES string of the molecule is Cc1nc(-c2cccc(NS(=O)(=O)c3cc(C(F)(F)F)ccc3Cl)c2)n[nH]1. The van der Waals surface area contributed by atoms with Gasteiger partial charge in [-0.25, -0.2) is 13.4 Å². The fourth-order valence-electron chi connectivity index (χ4n) is 2.29. The highest BCUT2D eigenvalue weighted by atomic mass is 35.5. The molecule has 27 heavy (non-hydrogen) atoms. The van der Waals surface area contributed by atoms with Gasteiger partial charge in [-0.1, -0.05) is 23.7 Å². The minimum atomic E-state index is -4.70. The van der Waals surface area contributed by atoms with Crippen molar-refractivity contribution in [3.05, 3.63) is 58.9 Å². The predicted molar refractivity (Wildman–Crippen MR) is 93.8 cm³/mol. The molecule has 142 valence electrons. The van der Waals surface area contributed by atoms with E-state index in [0.29, 0.717) is 29.3 Å². The maximum atomic E-state index is 12.9. The van der Waals surface area contributed by atoms with Gasteiger partial charge < -0.3 is 0 Å². The summed E-state index contributed by atoms with van der Waals surface area (Å²) < 4.78 is 66.0. The number of aromatic amines is 1. The average molecular weight is 417 g/mol. The van der Waals surface area contributed by atoms with Gasteiger partial charge in [-0.3, -0.25) is 9.82 Å². The number of aryl methyl sites for hydroxylation is 1. The highest BCUT2D eigenvalue weighted by Gasteiger charge is 2.32. The Labute approximate surface area is 157 Å². The van der Waals surface area contributed by atoms with Crippen molar-refractivity contribution < 1.29 is 21.6 Å². The Balaban J connectivity index is 1.96. The first-order valence-corrected chi connectivity index (χ1v) is 9.31. The number of sulfonamides is 1. The van der Waals surface area contributed by atoms with Crippen LogP contribution in [0.3, 0.4) is 0 Å². The molecule has 2 aromatic carbocycles. The molecule has 0 aliphatic heterocycles. The second kappa shape index (κ2) is 6.86. The first-order chi connectivity index (χ1) is 12.6. The third-order valence-electron chi connectivity index (χ3n) is 3.52. The summed E-state index contributed by atoms with van der Waals surface area (Å²) in [6, 6.07) is 8.24. The molecule has 2 N–H and O–H groups in total. The number of hydrogen-bond acceptors (Lipinski definition) is 4. The number of halogens is 4. The topological polar surface area (TPSA) is 87.7 Å². The van der Waals surface area contributed by atoms with Gasteiger partial charge in [0.1, 0.15) is 10.7 Å². The lowest BCUT2D eigenvalue weighted by Crippen LogP contribution is -2.15. The molecule has 1 heterocycles. The van der Waals surface area contributed by atoms with Crippen molar-refractivity contribution in [1.29, 1.82) is 0 Å². The Morgan fingerprint density at radius 3 is 2.52 bits per heavy atom. The molecule has 0 unspecified atom stereocenters. The molecule has 0 atom stereocenters. The van der Waals surface area contributed by atoms with Gasteiger partial charge in [-0.05, 0) is 37.3 Å². The standard InChI is InChI=1S/C16H12ClF3N4O2S/c1-9-21-15(23-22-9)10-3-2-4-12(7-10)24-27(25,26)14-8-11(16(18,19)20)5-6-13(14)17/h2-8,24H,1H3,(H,21,22,23). The summed E-state index contributed by atoms with van der Waals surface area (Å²) in [6.07, 6.45) is -4.70. The second-order valence-corrected chi connectivity index (χ2v) is 7.63. The van der Waals surface area contributed by atoms with E-state index < -0.39 is 26.7 Å². The van der Waals surface area contributed by atoms with Crippen molar-refractivity contribution >= 4 is 27.3 Å². The van der Waals surface area contributed by atoms with Gasteiger partial charge in [0.05, 0.1) is 10.6 Å². The van der Waals surface area contributed by atoms with Crippen LogP contribution < -0.4 is 4.72 Å². The molecule has 11 heteroatoms. The molecule has 0 saturated heterocycles. The van der Waals surface area contributed by atoms with Crippen LogP contribution in [0.15, 0.2) is 47.4 Å². The molecule has 0 bridgehead atoms. The highest BCUT2D eigenvalue weighted by Crippen LogP contribution is 2.34. The van der Waals surface area contributed by atoms with Crippen molar-refractivity contribution in [3.63, 3.8) is 0 Å². The Bertz CT molecular complexity index is 1100. The minimum absolute atomic E-state index is 0.128. The van der Waals surface area contributed by atoms with Crippen molar-refractivity contribution in [1.82, 2.24) is 15.2 Å². The molecule has 0 spiro atoms. The van der Waals surface area contributed by atoms with Gasteiger partial charge in [0.25, 0.3) is 10.0 Å². The summed E-state index contributed by atoms with van der Waals surface area (Å²) in [4.78, 5) is 3.47. The van der Waals surface area contributed by atoms with Crippen molar-refractivity contribution in [2.75, 3.05) is 4.72 Å². The molecule has 0 amide bonds. The summed E-state index contributed by atoms with van der Waals surface area (Å²) in [6.45, 7) is 1.71. The molecular weight excluding hydrogens is 405 g/mol. The fraction of sp³-hybridized carbons (Fsp3) is 0.125. The zero-order chi connectivity index (χ0) is 19.8. The third-order valence-corrected chi connectivity index (χ3v) is 5.38. The van der Waals surface area contributed by atoms with Crippen LogP contribution in [-0.2, 0) is 16.2 Å². The Kier molecular flexibility index (Phi) is 4.87. The fourth-order valence-corrected chi connectivity index (χ4v) is 3.87. The van der Waals surface area contributed by atoms with Crippen molar-refractivity contribution in [3.8, 4) is 11.4 Å².